The number of aryl methyl sites for hydroxylation is 1. The first kappa shape index (κ1) is 24.6. The molecule has 0 spiro atoms. The summed E-state index contributed by atoms with van der Waals surface area (Å²) in [5.41, 5.74) is 5.17. The monoisotopic (exact) mass is 450 g/mol. The minimum Gasteiger partial charge on any atom is -0.0654 e. The fourth-order valence-corrected chi connectivity index (χ4v) is 5.52. The summed E-state index contributed by atoms with van der Waals surface area (Å²) < 4.78 is 0. The first-order chi connectivity index (χ1) is 16.7. The van der Waals surface area contributed by atoms with Crippen LogP contribution in [0.5, 0.6) is 0 Å². The Morgan fingerprint density at radius 2 is 1.29 bits per heavy atom. The molecule has 0 N–H and O–H groups in total. The number of rotatable bonds is 9. The third-order valence-corrected chi connectivity index (χ3v) is 7.88. The van der Waals surface area contributed by atoms with E-state index in [0.29, 0.717) is 0 Å². The Morgan fingerprint density at radius 1 is 0.647 bits per heavy atom. The molecular weight excluding hydrogens is 408 g/mol. The summed E-state index contributed by atoms with van der Waals surface area (Å²) in [7, 11) is 0. The molecule has 0 aromatic heterocycles. The molecule has 178 valence electrons. The molecule has 34 heavy (non-hydrogen) atoms. The van der Waals surface area contributed by atoms with Gasteiger partial charge in [-0.2, -0.15) is 0 Å². The molecule has 0 atom stereocenters. The van der Waals surface area contributed by atoms with Gasteiger partial charge < -0.3 is 0 Å². The molecule has 0 unspecified atom stereocenters. The summed E-state index contributed by atoms with van der Waals surface area (Å²) in [5, 5.41) is 2.62. The second kappa shape index (κ2) is 12.8. The maximum absolute atomic E-state index is 3.39. The maximum Gasteiger partial charge on any atom is 0.0255 e. The fraction of sp³-hybridized carbons (Fsp3) is 0.471. The quantitative estimate of drug-likeness (QED) is 0.225. The van der Waals surface area contributed by atoms with Crippen LogP contribution in [0.2, 0.25) is 0 Å². The molecule has 0 heteroatoms. The lowest BCUT2D eigenvalue weighted by Crippen LogP contribution is -2.12. The molecular formula is C34H42. The second-order valence-electron chi connectivity index (χ2n) is 10.4. The maximum atomic E-state index is 3.39. The van der Waals surface area contributed by atoms with Crippen LogP contribution in [0.4, 0.5) is 0 Å². The van der Waals surface area contributed by atoms with Gasteiger partial charge in [-0.25, -0.2) is 0 Å². The lowest BCUT2D eigenvalue weighted by atomic mass is 9.78. The Labute approximate surface area is 208 Å². The Balaban J connectivity index is 1.33. The summed E-state index contributed by atoms with van der Waals surface area (Å²) in [5.74, 6) is 8.47. The van der Waals surface area contributed by atoms with Gasteiger partial charge in [-0.15, -0.1) is 0 Å². The zero-order valence-corrected chi connectivity index (χ0v) is 21.4. The van der Waals surface area contributed by atoms with E-state index in [-0.39, 0.29) is 0 Å². The van der Waals surface area contributed by atoms with Crippen molar-refractivity contribution < 1.29 is 0 Å². The molecule has 1 fully saturated rings. The smallest absolute Gasteiger partial charge is 0.0255 e. The van der Waals surface area contributed by atoms with Crippen LogP contribution in [0, 0.1) is 17.8 Å². The SMILES string of the molecule is CCCCCCCCc1ccc2cc(C#Cc3ccc(C4CCC(CC)CC4)cc3)ccc2c1. The third-order valence-electron chi connectivity index (χ3n) is 7.88. The first-order valence-electron chi connectivity index (χ1n) is 13.9. The molecule has 0 nitrogen and oxygen atoms in total. The largest absolute Gasteiger partial charge is 0.0654 e. The molecule has 0 saturated heterocycles. The van der Waals surface area contributed by atoms with Gasteiger partial charge in [-0.3, -0.25) is 0 Å². The van der Waals surface area contributed by atoms with Gasteiger partial charge in [0.15, 0.2) is 0 Å². The highest BCUT2D eigenvalue weighted by Gasteiger charge is 2.20. The van der Waals surface area contributed by atoms with Crippen molar-refractivity contribution in [3.63, 3.8) is 0 Å². The van der Waals surface area contributed by atoms with E-state index in [1.807, 2.05) is 0 Å². The highest BCUT2D eigenvalue weighted by molar-refractivity contribution is 5.84. The molecule has 1 aliphatic carbocycles. The Morgan fingerprint density at radius 3 is 2.06 bits per heavy atom. The van der Waals surface area contributed by atoms with Gasteiger partial charge in [-0.1, -0.05) is 101 Å². The molecule has 0 aliphatic heterocycles. The lowest BCUT2D eigenvalue weighted by molar-refractivity contribution is 0.319. The van der Waals surface area contributed by atoms with E-state index in [1.165, 1.54) is 98.9 Å². The van der Waals surface area contributed by atoms with Gasteiger partial charge in [-0.05, 0) is 96.5 Å². The van der Waals surface area contributed by atoms with Crippen molar-refractivity contribution in [3.05, 3.63) is 82.9 Å². The Bertz CT molecular complexity index is 1080. The van der Waals surface area contributed by atoms with E-state index in [2.05, 4.69) is 86.4 Å². The molecule has 3 aromatic rings. The van der Waals surface area contributed by atoms with Crippen molar-refractivity contribution >= 4 is 10.8 Å². The molecule has 0 amide bonds. The summed E-state index contributed by atoms with van der Waals surface area (Å²) >= 11 is 0. The highest BCUT2D eigenvalue weighted by atomic mass is 14.3. The third kappa shape index (κ3) is 6.99. The zero-order chi connectivity index (χ0) is 23.6. The van der Waals surface area contributed by atoms with E-state index in [0.717, 1.165) is 23.0 Å². The Kier molecular flexibility index (Phi) is 9.27. The van der Waals surface area contributed by atoms with Gasteiger partial charge in [0, 0.05) is 11.1 Å². The van der Waals surface area contributed by atoms with Crippen molar-refractivity contribution in [2.45, 2.75) is 96.8 Å². The molecule has 3 aromatic carbocycles. The number of hydrogen-bond donors (Lipinski definition) is 0. The number of fused-ring (bicyclic) bond motifs is 1. The predicted octanol–water partition coefficient (Wildman–Crippen LogP) is 9.83. The van der Waals surface area contributed by atoms with Crippen LogP contribution in [0.25, 0.3) is 10.8 Å². The van der Waals surface area contributed by atoms with E-state index < -0.39 is 0 Å². The average molecular weight is 451 g/mol. The van der Waals surface area contributed by atoms with Crippen LogP contribution in [-0.4, -0.2) is 0 Å². The normalized spacial score (nSPS) is 17.9. The van der Waals surface area contributed by atoms with Crippen molar-refractivity contribution in [3.8, 4) is 11.8 Å². The summed E-state index contributed by atoms with van der Waals surface area (Å²) in [6.07, 6.45) is 16.2. The van der Waals surface area contributed by atoms with E-state index in [9.17, 15) is 0 Å². The second-order valence-corrected chi connectivity index (χ2v) is 10.4. The first-order valence-corrected chi connectivity index (χ1v) is 13.9. The minimum atomic E-state index is 0.747. The minimum absolute atomic E-state index is 0.747. The number of unbranched alkanes of at least 4 members (excludes halogenated alkanes) is 5. The molecule has 0 radical (unpaired) electrons. The van der Waals surface area contributed by atoms with Crippen LogP contribution in [0.3, 0.4) is 0 Å². The van der Waals surface area contributed by atoms with E-state index in [1.54, 1.807) is 0 Å². The number of benzene rings is 3. The predicted molar refractivity (Wildman–Crippen MR) is 148 cm³/mol. The van der Waals surface area contributed by atoms with Crippen LogP contribution in [0.1, 0.15) is 113 Å². The lowest BCUT2D eigenvalue weighted by Gasteiger charge is -2.28. The molecule has 1 aliphatic rings. The Hall–Kier alpha value is -2.52. The highest BCUT2D eigenvalue weighted by Crippen LogP contribution is 2.36. The summed E-state index contributed by atoms with van der Waals surface area (Å²) in [6, 6.07) is 22.6. The summed E-state index contributed by atoms with van der Waals surface area (Å²) in [4.78, 5) is 0. The van der Waals surface area contributed by atoms with Crippen LogP contribution in [0.15, 0.2) is 60.7 Å². The van der Waals surface area contributed by atoms with Crippen LogP contribution in [-0.2, 0) is 6.42 Å². The number of hydrogen-bond acceptors (Lipinski definition) is 0. The van der Waals surface area contributed by atoms with Crippen LogP contribution < -0.4 is 0 Å². The van der Waals surface area contributed by atoms with Gasteiger partial charge >= 0.3 is 0 Å². The van der Waals surface area contributed by atoms with Gasteiger partial charge in [0.1, 0.15) is 0 Å². The molecule has 4 rings (SSSR count). The fourth-order valence-electron chi connectivity index (χ4n) is 5.52. The van der Waals surface area contributed by atoms with Gasteiger partial charge in [0.05, 0.1) is 0 Å². The van der Waals surface area contributed by atoms with Gasteiger partial charge in [0.25, 0.3) is 0 Å². The average Bonchev–Trinajstić information content (AvgIpc) is 2.89. The molecule has 0 heterocycles. The van der Waals surface area contributed by atoms with E-state index in [4.69, 9.17) is 0 Å². The zero-order valence-electron chi connectivity index (χ0n) is 21.4. The molecule has 0 bridgehead atoms. The van der Waals surface area contributed by atoms with Crippen molar-refractivity contribution in [2.75, 3.05) is 0 Å². The van der Waals surface area contributed by atoms with Crippen molar-refractivity contribution in [1.82, 2.24) is 0 Å². The van der Waals surface area contributed by atoms with E-state index >= 15 is 0 Å². The molecule has 1 saturated carbocycles. The summed E-state index contributed by atoms with van der Waals surface area (Å²) in [6.45, 7) is 4.62. The van der Waals surface area contributed by atoms with Crippen LogP contribution >= 0.6 is 0 Å². The topological polar surface area (TPSA) is 0 Å². The van der Waals surface area contributed by atoms with Crippen molar-refractivity contribution in [2.24, 2.45) is 5.92 Å². The van der Waals surface area contributed by atoms with Gasteiger partial charge in [0.2, 0.25) is 0 Å². The van der Waals surface area contributed by atoms with Crippen molar-refractivity contribution in [1.29, 1.82) is 0 Å². The standard InChI is InChI=1S/C34H42/c1-3-5-6-7-8-9-10-29-17-23-34-26-30(18-24-33(34)25-29)12-11-28-15-21-32(22-16-28)31-19-13-27(4-2)14-20-31/h15-18,21-27,31H,3-10,13-14,19-20H2,1-2H3.